The van der Waals surface area contributed by atoms with Gasteiger partial charge in [-0.15, -0.1) is 0 Å². The molecule has 3 N–H and O–H groups in total. The first-order valence-corrected chi connectivity index (χ1v) is 6.35. The summed E-state index contributed by atoms with van der Waals surface area (Å²) in [5.74, 6) is 0.323. The van der Waals surface area contributed by atoms with E-state index >= 15 is 0 Å². The van der Waals surface area contributed by atoms with E-state index in [1.807, 2.05) is 19.1 Å². The summed E-state index contributed by atoms with van der Waals surface area (Å²) in [6.07, 6.45) is -0.210. The fraction of sp³-hybridized carbons (Fsp3) is 0.462. The van der Waals surface area contributed by atoms with Crippen LogP contribution < -0.4 is 15.8 Å². The second-order valence-corrected chi connectivity index (χ2v) is 4.57. The molecule has 0 radical (unpaired) electrons. The van der Waals surface area contributed by atoms with Crippen LogP contribution in [0.5, 0.6) is 5.75 Å². The Balaban J connectivity index is 2.38. The molecule has 0 aliphatic carbocycles. The molecule has 0 aromatic heterocycles. The molecule has 0 aliphatic rings. The average molecular weight is 287 g/mol. The summed E-state index contributed by atoms with van der Waals surface area (Å²) < 4.78 is 10.4. The fourth-order valence-corrected chi connectivity index (χ4v) is 1.61. The standard InChI is InChI=1S/C13H19ClN2O3/c1-9(7-16-13(17)11(15)8-18-2)19-12-6-4-3-5-10(12)14/h3-6,9,11H,7-8,15H2,1-2H3,(H,16,17). The van der Waals surface area contributed by atoms with Crippen LogP contribution in [0.15, 0.2) is 24.3 Å². The first-order chi connectivity index (χ1) is 9.04. The molecule has 0 bridgehead atoms. The number of benzene rings is 1. The molecular formula is C13H19ClN2O3. The maximum atomic E-state index is 11.6. The average Bonchev–Trinajstić information content (AvgIpc) is 2.39. The first-order valence-electron chi connectivity index (χ1n) is 5.98. The Labute approximate surface area is 118 Å². The van der Waals surface area contributed by atoms with Gasteiger partial charge in [0.15, 0.2) is 0 Å². The molecule has 0 spiro atoms. The SMILES string of the molecule is COCC(N)C(=O)NCC(C)Oc1ccccc1Cl. The molecule has 1 rings (SSSR count). The molecule has 0 saturated heterocycles. The maximum Gasteiger partial charge on any atom is 0.239 e. The molecule has 2 atom stereocenters. The second-order valence-electron chi connectivity index (χ2n) is 4.17. The zero-order chi connectivity index (χ0) is 14.3. The van der Waals surface area contributed by atoms with Crippen molar-refractivity contribution in [1.29, 1.82) is 0 Å². The molecule has 0 saturated carbocycles. The minimum atomic E-state index is -0.669. The highest BCUT2D eigenvalue weighted by atomic mass is 35.5. The van der Waals surface area contributed by atoms with E-state index in [1.165, 1.54) is 7.11 Å². The lowest BCUT2D eigenvalue weighted by Gasteiger charge is -2.17. The number of amides is 1. The van der Waals surface area contributed by atoms with Crippen molar-refractivity contribution in [2.75, 3.05) is 20.3 Å². The predicted molar refractivity (Wildman–Crippen MR) is 74.4 cm³/mol. The lowest BCUT2D eigenvalue weighted by molar-refractivity contribution is -0.123. The van der Waals surface area contributed by atoms with Gasteiger partial charge in [-0.25, -0.2) is 0 Å². The number of rotatable bonds is 7. The number of halogens is 1. The molecule has 6 heteroatoms. The van der Waals surface area contributed by atoms with Crippen molar-refractivity contribution in [2.45, 2.75) is 19.1 Å². The van der Waals surface area contributed by atoms with Gasteiger partial charge in [-0.05, 0) is 19.1 Å². The van der Waals surface area contributed by atoms with Crippen molar-refractivity contribution in [2.24, 2.45) is 5.73 Å². The predicted octanol–water partition coefficient (Wildman–Crippen LogP) is 1.20. The third-order valence-corrected chi connectivity index (χ3v) is 2.72. The molecule has 5 nitrogen and oxygen atoms in total. The van der Waals surface area contributed by atoms with E-state index < -0.39 is 6.04 Å². The molecule has 0 heterocycles. The van der Waals surface area contributed by atoms with Crippen LogP contribution >= 0.6 is 11.6 Å². The number of hydrogen-bond donors (Lipinski definition) is 2. The van der Waals surface area contributed by atoms with Gasteiger partial charge >= 0.3 is 0 Å². The smallest absolute Gasteiger partial charge is 0.239 e. The number of carbonyl (C=O) groups excluding carboxylic acids is 1. The quantitative estimate of drug-likeness (QED) is 0.790. The molecular weight excluding hydrogens is 268 g/mol. The zero-order valence-electron chi connectivity index (χ0n) is 11.1. The van der Waals surface area contributed by atoms with Crippen molar-refractivity contribution < 1.29 is 14.3 Å². The lowest BCUT2D eigenvalue weighted by atomic mass is 10.3. The van der Waals surface area contributed by atoms with Crippen molar-refractivity contribution >= 4 is 17.5 Å². The van der Waals surface area contributed by atoms with Gasteiger partial charge < -0.3 is 20.5 Å². The summed E-state index contributed by atoms with van der Waals surface area (Å²) in [6.45, 7) is 2.37. The molecule has 1 amide bonds. The summed E-state index contributed by atoms with van der Waals surface area (Å²) in [5, 5.41) is 3.23. The number of para-hydroxylation sites is 1. The van der Waals surface area contributed by atoms with Crippen LogP contribution in [0.25, 0.3) is 0 Å². The van der Waals surface area contributed by atoms with Crippen LogP contribution in [-0.4, -0.2) is 38.3 Å². The lowest BCUT2D eigenvalue weighted by Crippen LogP contribution is -2.46. The highest BCUT2D eigenvalue weighted by Crippen LogP contribution is 2.23. The summed E-state index contributed by atoms with van der Waals surface area (Å²) in [4.78, 5) is 11.6. The van der Waals surface area contributed by atoms with E-state index in [4.69, 9.17) is 26.8 Å². The Morgan fingerprint density at radius 3 is 2.79 bits per heavy atom. The van der Waals surface area contributed by atoms with Crippen molar-refractivity contribution in [3.8, 4) is 5.75 Å². The van der Waals surface area contributed by atoms with Crippen LogP contribution in [0.2, 0.25) is 5.02 Å². The fourth-order valence-electron chi connectivity index (χ4n) is 1.43. The van der Waals surface area contributed by atoms with Crippen LogP contribution in [0.4, 0.5) is 0 Å². The molecule has 2 unspecified atom stereocenters. The summed E-state index contributed by atoms with van der Waals surface area (Å²) >= 11 is 5.97. The number of hydrogen-bond acceptors (Lipinski definition) is 4. The number of nitrogens with one attached hydrogen (secondary N) is 1. The minimum Gasteiger partial charge on any atom is -0.487 e. The van der Waals surface area contributed by atoms with Crippen LogP contribution in [-0.2, 0) is 9.53 Å². The number of nitrogens with two attached hydrogens (primary N) is 1. The van der Waals surface area contributed by atoms with Crippen molar-refractivity contribution in [3.05, 3.63) is 29.3 Å². The highest BCUT2D eigenvalue weighted by molar-refractivity contribution is 6.32. The molecule has 1 aromatic rings. The largest absolute Gasteiger partial charge is 0.487 e. The van der Waals surface area contributed by atoms with E-state index in [9.17, 15) is 4.79 Å². The maximum absolute atomic E-state index is 11.6. The number of methoxy groups -OCH3 is 1. The third-order valence-electron chi connectivity index (χ3n) is 2.41. The van der Waals surface area contributed by atoms with E-state index in [-0.39, 0.29) is 18.6 Å². The molecule has 0 fully saturated rings. The van der Waals surface area contributed by atoms with Gasteiger partial charge in [0.25, 0.3) is 0 Å². The molecule has 106 valence electrons. The minimum absolute atomic E-state index is 0.186. The Hall–Kier alpha value is -1.30. The normalized spacial score (nSPS) is 13.7. The first kappa shape index (κ1) is 15.8. The van der Waals surface area contributed by atoms with E-state index in [2.05, 4.69) is 5.32 Å². The number of ether oxygens (including phenoxy) is 2. The Bertz CT molecular complexity index is 415. The second kappa shape index (κ2) is 7.99. The van der Waals surface area contributed by atoms with E-state index in [0.29, 0.717) is 17.3 Å². The van der Waals surface area contributed by atoms with Crippen LogP contribution in [0.1, 0.15) is 6.92 Å². The Morgan fingerprint density at radius 2 is 2.16 bits per heavy atom. The van der Waals surface area contributed by atoms with Crippen LogP contribution in [0, 0.1) is 0 Å². The van der Waals surface area contributed by atoms with Crippen molar-refractivity contribution in [1.82, 2.24) is 5.32 Å². The molecule has 19 heavy (non-hydrogen) atoms. The van der Waals surface area contributed by atoms with Crippen molar-refractivity contribution in [3.63, 3.8) is 0 Å². The van der Waals surface area contributed by atoms with E-state index in [0.717, 1.165) is 0 Å². The monoisotopic (exact) mass is 286 g/mol. The van der Waals surface area contributed by atoms with Gasteiger partial charge in [0.1, 0.15) is 17.9 Å². The van der Waals surface area contributed by atoms with Gasteiger partial charge in [0.2, 0.25) is 5.91 Å². The van der Waals surface area contributed by atoms with Crippen LogP contribution in [0.3, 0.4) is 0 Å². The zero-order valence-corrected chi connectivity index (χ0v) is 11.8. The van der Waals surface area contributed by atoms with E-state index in [1.54, 1.807) is 12.1 Å². The summed E-state index contributed by atoms with van der Waals surface area (Å²) in [5.41, 5.74) is 5.59. The van der Waals surface area contributed by atoms with Gasteiger partial charge in [-0.3, -0.25) is 4.79 Å². The summed E-state index contributed by atoms with van der Waals surface area (Å²) in [6, 6.07) is 6.51. The molecule has 0 aliphatic heterocycles. The topological polar surface area (TPSA) is 73.6 Å². The third kappa shape index (κ3) is 5.46. The van der Waals surface area contributed by atoms with Gasteiger partial charge in [0, 0.05) is 7.11 Å². The Kier molecular flexibility index (Phi) is 6.62. The van der Waals surface area contributed by atoms with Gasteiger partial charge in [0.05, 0.1) is 18.2 Å². The van der Waals surface area contributed by atoms with Gasteiger partial charge in [-0.2, -0.15) is 0 Å². The van der Waals surface area contributed by atoms with Gasteiger partial charge in [-0.1, -0.05) is 23.7 Å². The Morgan fingerprint density at radius 1 is 1.47 bits per heavy atom. The highest BCUT2D eigenvalue weighted by Gasteiger charge is 2.14. The molecule has 1 aromatic carbocycles. The number of carbonyl (C=O) groups is 1. The summed E-state index contributed by atoms with van der Waals surface area (Å²) in [7, 11) is 1.50.